The molecule has 1 aromatic carbocycles. The number of nitrogens with zero attached hydrogens (tertiary/aromatic N) is 3. The second-order valence-electron chi connectivity index (χ2n) is 5.70. The van der Waals surface area contributed by atoms with Gasteiger partial charge in [-0.05, 0) is 59.4 Å². The minimum absolute atomic E-state index is 0.201. The van der Waals surface area contributed by atoms with E-state index < -0.39 is 0 Å². The van der Waals surface area contributed by atoms with Crippen LogP contribution in [-0.4, -0.2) is 42.0 Å². The van der Waals surface area contributed by atoms with Crippen molar-refractivity contribution in [2.24, 2.45) is 0 Å². The van der Waals surface area contributed by atoms with Crippen molar-refractivity contribution < 1.29 is 9.21 Å². The highest BCUT2D eigenvalue weighted by molar-refractivity contribution is 9.10. The number of likely N-dealkylation sites (N-methyl/N-ethyl adjacent to an activating group) is 1. The topological polar surface area (TPSA) is 49.6 Å². The number of fused-ring (bicyclic) bond motifs is 1. The summed E-state index contributed by atoms with van der Waals surface area (Å²) < 4.78 is 6.95. The molecule has 0 saturated carbocycles. The van der Waals surface area contributed by atoms with Gasteiger partial charge in [-0.2, -0.15) is 0 Å². The SMILES string of the molecule is CCN(CC)CCN(C(=O)c1ccc(Br)o1)c1nc2ccc(Cl)cc2s1. The van der Waals surface area contributed by atoms with Crippen molar-refractivity contribution in [3.63, 3.8) is 0 Å². The van der Waals surface area contributed by atoms with Crippen LogP contribution in [0.5, 0.6) is 0 Å². The van der Waals surface area contributed by atoms with Crippen LogP contribution in [0.15, 0.2) is 39.4 Å². The lowest BCUT2D eigenvalue weighted by Crippen LogP contribution is -2.38. The maximum absolute atomic E-state index is 13.0. The standard InChI is InChI=1S/C18H19BrClN3O2S/c1-3-22(4-2)9-10-23(17(24)14-7-8-16(19)25-14)18-21-13-6-5-12(20)11-15(13)26-18/h5-8,11H,3-4,9-10H2,1-2H3. The van der Waals surface area contributed by atoms with E-state index in [1.807, 2.05) is 12.1 Å². The summed E-state index contributed by atoms with van der Waals surface area (Å²) in [6.45, 7) is 7.38. The van der Waals surface area contributed by atoms with Crippen molar-refractivity contribution in [2.75, 3.05) is 31.1 Å². The molecule has 0 saturated heterocycles. The van der Waals surface area contributed by atoms with Gasteiger partial charge in [-0.3, -0.25) is 9.69 Å². The van der Waals surface area contributed by atoms with Gasteiger partial charge in [0.15, 0.2) is 15.6 Å². The number of hydrogen-bond acceptors (Lipinski definition) is 5. The van der Waals surface area contributed by atoms with E-state index >= 15 is 0 Å². The monoisotopic (exact) mass is 455 g/mol. The molecule has 0 bridgehead atoms. The zero-order chi connectivity index (χ0) is 18.7. The molecule has 26 heavy (non-hydrogen) atoms. The third-order valence-electron chi connectivity index (χ3n) is 4.13. The number of amides is 1. The fourth-order valence-corrected chi connectivity index (χ4v) is 4.20. The summed E-state index contributed by atoms with van der Waals surface area (Å²) in [5, 5.41) is 1.30. The lowest BCUT2D eigenvalue weighted by molar-refractivity contribution is 0.0956. The van der Waals surface area contributed by atoms with E-state index in [0.717, 1.165) is 29.9 Å². The molecule has 138 valence electrons. The molecule has 1 amide bonds. The molecule has 2 aromatic heterocycles. The van der Waals surface area contributed by atoms with Gasteiger partial charge in [0, 0.05) is 18.1 Å². The summed E-state index contributed by atoms with van der Waals surface area (Å²) in [6, 6.07) is 8.93. The first kappa shape index (κ1) is 19.4. The first-order valence-corrected chi connectivity index (χ1v) is 10.4. The second kappa shape index (κ2) is 8.52. The van der Waals surface area contributed by atoms with E-state index in [1.54, 1.807) is 23.1 Å². The van der Waals surface area contributed by atoms with E-state index in [2.05, 4.69) is 39.7 Å². The van der Waals surface area contributed by atoms with Gasteiger partial charge in [0.25, 0.3) is 5.91 Å². The molecule has 0 radical (unpaired) electrons. The van der Waals surface area contributed by atoms with Crippen LogP contribution in [0, 0.1) is 0 Å². The number of furan rings is 1. The number of rotatable bonds is 7. The van der Waals surface area contributed by atoms with Crippen molar-refractivity contribution >= 4 is 60.1 Å². The molecule has 0 aliphatic heterocycles. The van der Waals surface area contributed by atoms with Crippen molar-refractivity contribution in [1.29, 1.82) is 0 Å². The average Bonchev–Trinajstić information content (AvgIpc) is 3.24. The Hall–Kier alpha value is -1.41. The van der Waals surface area contributed by atoms with Crippen molar-refractivity contribution in [2.45, 2.75) is 13.8 Å². The highest BCUT2D eigenvalue weighted by atomic mass is 79.9. The third-order valence-corrected chi connectivity index (χ3v) is 5.84. The molecule has 3 aromatic rings. The van der Waals surface area contributed by atoms with Gasteiger partial charge in [0.1, 0.15) is 0 Å². The number of hydrogen-bond donors (Lipinski definition) is 0. The van der Waals surface area contributed by atoms with E-state index in [-0.39, 0.29) is 11.7 Å². The number of benzene rings is 1. The maximum Gasteiger partial charge on any atom is 0.295 e. The first-order chi connectivity index (χ1) is 12.5. The highest BCUT2D eigenvalue weighted by Crippen LogP contribution is 2.31. The van der Waals surface area contributed by atoms with Crippen LogP contribution in [0.2, 0.25) is 5.02 Å². The largest absolute Gasteiger partial charge is 0.444 e. The zero-order valence-electron chi connectivity index (χ0n) is 14.5. The van der Waals surface area contributed by atoms with Crippen molar-refractivity contribution in [3.8, 4) is 0 Å². The summed E-state index contributed by atoms with van der Waals surface area (Å²) in [5.41, 5.74) is 0.829. The first-order valence-electron chi connectivity index (χ1n) is 8.37. The Balaban J connectivity index is 1.93. The van der Waals surface area contributed by atoms with E-state index in [0.29, 0.717) is 21.4 Å². The molecular formula is C18H19BrClN3O2S. The molecule has 8 heteroatoms. The molecule has 5 nitrogen and oxygen atoms in total. The molecule has 0 N–H and O–H groups in total. The Morgan fingerprint density at radius 3 is 2.65 bits per heavy atom. The lowest BCUT2D eigenvalue weighted by Gasteiger charge is -2.24. The number of anilines is 1. The molecule has 0 spiro atoms. The zero-order valence-corrected chi connectivity index (χ0v) is 17.7. The van der Waals surface area contributed by atoms with Crippen molar-refractivity contribution in [3.05, 3.63) is 45.8 Å². The van der Waals surface area contributed by atoms with Crippen LogP contribution < -0.4 is 4.90 Å². The van der Waals surface area contributed by atoms with Gasteiger partial charge < -0.3 is 9.32 Å². The quantitative estimate of drug-likeness (QED) is 0.484. The average molecular weight is 457 g/mol. The summed E-state index contributed by atoms with van der Waals surface area (Å²) in [5.74, 6) is 0.0849. The Morgan fingerprint density at radius 2 is 2.00 bits per heavy atom. The Morgan fingerprint density at radius 1 is 1.23 bits per heavy atom. The predicted molar refractivity (Wildman–Crippen MR) is 111 cm³/mol. The van der Waals surface area contributed by atoms with Crippen LogP contribution in [-0.2, 0) is 0 Å². The summed E-state index contributed by atoms with van der Waals surface area (Å²) in [6.07, 6.45) is 0. The van der Waals surface area contributed by atoms with Crippen LogP contribution in [0.25, 0.3) is 10.2 Å². The molecule has 0 unspecified atom stereocenters. The Bertz CT molecular complexity index is 907. The van der Waals surface area contributed by atoms with Crippen LogP contribution in [0.1, 0.15) is 24.4 Å². The Kier molecular flexibility index (Phi) is 6.34. The molecule has 2 heterocycles. The van der Waals surface area contributed by atoms with Gasteiger partial charge in [0.2, 0.25) is 0 Å². The molecule has 3 rings (SSSR count). The molecule has 0 aliphatic carbocycles. The van der Waals surface area contributed by atoms with Gasteiger partial charge in [-0.15, -0.1) is 0 Å². The van der Waals surface area contributed by atoms with E-state index in [1.165, 1.54) is 11.3 Å². The van der Waals surface area contributed by atoms with E-state index in [4.69, 9.17) is 16.0 Å². The minimum Gasteiger partial charge on any atom is -0.444 e. The number of carbonyl (C=O) groups is 1. The number of carbonyl (C=O) groups excluding carboxylic acids is 1. The maximum atomic E-state index is 13.0. The van der Waals surface area contributed by atoms with Crippen molar-refractivity contribution in [1.82, 2.24) is 9.88 Å². The minimum atomic E-state index is -0.201. The van der Waals surface area contributed by atoms with Gasteiger partial charge >= 0.3 is 0 Å². The van der Waals surface area contributed by atoms with Gasteiger partial charge in [-0.25, -0.2) is 4.98 Å². The van der Waals surface area contributed by atoms with Gasteiger partial charge in [-0.1, -0.05) is 36.8 Å². The number of thiazole rings is 1. The molecule has 0 atom stereocenters. The van der Waals surface area contributed by atoms with Crippen LogP contribution >= 0.6 is 38.9 Å². The van der Waals surface area contributed by atoms with Gasteiger partial charge in [0.05, 0.1) is 10.2 Å². The second-order valence-corrected chi connectivity index (χ2v) is 7.92. The lowest BCUT2D eigenvalue weighted by atomic mass is 10.3. The van der Waals surface area contributed by atoms with E-state index in [9.17, 15) is 4.79 Å². The fraction of sp³-hybridized carbons (Fsp3) is 0.333. The summed E-state index contributed by atoms with van der Waals surface area (Å²) >= 11 is 10.8. The van der Waals surface area contributed by atoms with Crippen LogP contribution in [0.3, 0.4) is 0 Å². The highest BCUT2D eigenvalue weighted by Gasteiger charge is 2.24. The predicted octanol–water partition coefficient (Wildman–Crippen LogP) is 5.29. The summed E-state index contributed by atoms with van der Waals surface area (Å²) in [4.78, 5) is 21.6. The summed E-state index contributed by atoms with van der Waals surface area (Å²) in [7, 11) is 0. The molecule has 0 aliphatic rings. The Labute approximate surface area is 169 Å². The smallest absolute Gasteiger partial charge is 0.295 e. The fourth-order valence-electron chi connectivity index (χ4n) is 2.63. The molecule has 0 fully saturated rings. The number of halogens is 2. The molecular weight excluding hydrogens is 438 g/mol. The van der Waals surface area contributed by atoms with Crippen LogP contribution in [0.4, 0.5) is 5.13 Å². The third kappa shape index (κ3) is 4.28. The number of aromatic nitrogens is 1. The normalized spacial score (nSPS) is 11.4.